The molecular formula is C8H11NO2. The number of furan rings is 1. The first-order valence-corrected chi connectivity index (χ1v) is 3.38. The minimum Gasteiger partial charge on any atom is -0.459 e. The van der Waals surface area contributed by atoms with Crippen LogP contribution in [0.25, 0.3) is 0 Å². The average Bonchev–Trinajstić information content (AvgIpc) is 2.32. The van der Waals surface area contributed by atoms with E-state index in [9.17, 15) is 4.79 Å². The Hall–Kier alpha value is -1.25. The average molecular weight is 153 g/mol. The lowest BCUT2D eigenvalue weighted by Crippen LogP contribution is -2.10. The summed E-state index contributed by atoms with van der Waals surface area (Å²) in [7, 11) is 3.74. The summed E-state index contributed by atoms with van der Waals surface area (Å²) in [5.41, 5.74) is 0.831. The molecule has 0 aromatic carbocycles. The topological polar surface area (TPSA) is 33.5 Å². The fourth-order valence-electron chi connectivity index (χ4n) is 0.918. The number of nitrogens with zero attached hydrogens (tertiary/aromatic N) is 1. The van der Waals surface area contributed by atoms with Crippen LogP contribution in [0.5, 0.6) is 0 Å². The molecule has 0 spiro atoms. The van der Waals surface area contributed by atoms with Gasteiger partial charge in [-0.25, -0.2) is 0 Å². The molecule has 0 N–H and O–H groups in total. The minimum absolute atomic E-state index is 0.0429. The van der Waals surface area contributed by atoms with Gasteiger partial charge in [0.2, 0.25) is 0 Å². The molecule has 0 amide bonds. The molecule has 0 aliphatic carbocycles. The molecule has 1 aromatic rings. The maximum absolute atomic E-state index is 10.9. The number of ketones is 1. The third-order valence-corrected chi connectivity index (χ3v) is 1.45. The molecule has 0 saturated carbocycles. The Bertz CT molecular complexity index is 263. The van der Waals surface area contributed by atoms with Crippen LogP contribution in [0, 0.1) is 0 Å². The summed E-state index contributed by atoms with van der Waals surface area (Å²) in [6.07, 6.45) is 1.52. The summed E-state index contributed by atoms with van der Waals surface area (Å²) in [6.45, 7) is 1.49. The number of carbonyl (C=O) groups excluding carboxylic acids is 1. The van der Waals surface area contributed by atoms with E-state index < -0.39 is 0 Å². The molecule has 0 unspecified atom stereocenters. The van der Waals surface area contributed by atoms with Gasteiger partial charge < -0.3 is 9.32 Å². The number of hydrogen-bond acceptors (Lipinski definition) is 3. The molecule has 1 rings (SSSR count). The van der Waals surface area contributed by atoms with Gasteiger partial charge in [0.05, 0.1) is 12.0 Å². The molecule has 0 atom stereocenters. The molecule has 3 heteroatoms. The summed E-state index contributed by atoms with van der Waals surface area (Å²) in [6, 6.07) is 1.77. The standard InChI is InChI=1S/C8H11NO2/c1-6(10)8-7(9(2)3)4-5-11-8/h4-5H,1-3H3. The molecule has 0 aliphatic rings. The Morgan fingerprint density at radius 3 is 2.55 bits per heavy atom. The first-order chi connectivity index (χ1) is 5.13. The predicted molar refractivity (Wildman–Crippen MR) is 43.0 cm³/mol. The maximum atomic E-state index is 10.9. The number of Topliss-reactive ketones (excluding diaryl/α,β-unsaturated/α-hetero) is 1. The quantitative estimate of drug-likeness (QED) is 0.604. The second-order valence-corrected chi connectivity index (χ2v) is 2.59. The van der Waals surface area contributed by atoms with Crippen molar-refractivity contribution >= 4 is 11.5 Å². The molecular weight excluding hydrogens is 142 g/mol. The van der Waals surface area contributed by atoms with Crippen LogP contribution in [0.1, 0.15) is 17.5 Å². The van der Waals surface area contributed by atoms with Crippen molar-refractivity contribution in [3.05, 3.63) is 18.1 Å². The van der Waals surface area contributed by atoms with Gasteiger partial charge in [-0.2, -0.15) is 0 Å². The largest absolute Gasteiger partial charge is 0.459 e. The third-order valence-electron chi connectivity index (χ3n) is 1.45. The lowest BCUT2D eigenvalue weighted by molar-refractivity contribution is 0.0988. The number of anilines is 1. The normalized spacial score (nSPS) is 9.73. The van der Waals surface area contributed by atoms with E-state index in [1.807, 2.05) is 19.0 Å². The second-order valence-electron chi connectivity index (χ2n) is 2.59. The predicted octanol–water partition coefficient (Wildman–Crippen LogP) is 1.55. The third kappa shape index (κ3) is 1.42. The highest BCUT2D eigenvalue weighted by atomic mass is 16.3. The molecule has 1 aromatic heterocycles. The van der Waals surface area contributed by atoms with Crippen LogP contribution in [0.4, 0.5) is 5.69 Å². The summed E-state index contributed by atoms with van der Waals surface area (Å²) < 4.78 is 5.00. The van der Waals surface area contributed by atoms with E-state index in [-0.39, 0.29) is 5.78 Å². The van der Waals surface area contributed by atoms with Crippen LogP contribution in [0.2, 0.25) is 0 Å². The van der Waals surface area contributed by atoms with Gasteiger partial charge in [0, 0.05) is 27.1 Å². The summed E-state index contributed by atoms with van der Waals surface area (Å²) in [4.78, 5) is 12.8. The molecule has 1 heterocycles. The van der Waals surface area contributed by atoms with Crippen LogP contribution in [-0.2, 0) is 0 Å². The summed E-state index contributed by atoms with van der Waals surface area (Å²) in [5, 5.41) is 0. The fraction of sp³-hybridized carbons (Fsp3) is 0.375. The van der Waals surface area contributed by atoms with Gasteiger partial charge >= 0.3 is 0 Å². The van der Waals surface area contributed by atoms with Gasteiger partial charge in [-0.1, -0.05) is 0 Å². The van der Waals surface area contributed by atoms with Crippen LogP contribution >= 0.6 is 0 Å². The Kier molecular flexibility index (Phi) is 1.98. The highest BCUT2D eigenvalue weighted by Gasteiger charge is 2.11. The van der Waals surface area contributed by atoms with E-state index in [2.05, 4.69) is 0 Å². The Labute approximate surface area is 65.6 Å². The zero-order valence-electron chi connectivity index (χ0n) is 6.92. The number of rotatable bonds is 2. The molecule has 0 aliphatic heterocycles. The van der Waals surface area contributed by atoms with Crippen molar-refractivity contribution in [2.75, 3.05) is 19.0 Å². The molecule has 3 nitrogen and oxygen atoms in total. The van der Waals surface area contributed by atoms with Crippen molar-refractivity contribution in [1.82, 2.24) is 0 Å². The maximum Gasteiger partial charge on any atom is 0.197 e. The first-order valence-electron chi connectivity index (χ1n) is 3.38. The zero-order valence-corrected chi connectivity index (χ0v) is 6.92. The van der Waals surface area contributed by atoms with Crippen LogP contribution < -0.4 is 4.90 Å². The Morgan fingerprint density at radius 2 is 2.18 bits per heavy atom. The second kappa shape index (κ2) is 2.78. The van der Waals surface area contributed by atoms with E-state index in [4.69, 9.17) is 4.42 Å². The van der Waals surface area contributed by atoms with Crippen LogP contribution in [0.3, 0.4) is 0 Å². The highest BCUT2D eigenvalue weighted by Crippen LogP contribution is 2.19. The van der Waals surface area contributed by atoms with Crippen molar-refractivity contribution < 1.29 is 9.21 Å². The smallest absolute Gasteiger partial charge is 0.197 e. The van der Waals surface area contributed by atoms with Crippen LogP contribution in [0.15, 0.2) is 16.7 Å². The van der Waals surface area contributed by atoms with E-state index in [1.165, 1.54) is 13.2 Å². The van der Waals surface area contributed by atoms with E-state index in [1.54, 1.807) is 6.07 Å². The lowest BCUT2D eigenvalue weighted by Gasteiger charge is -2.09. The number of hydrogen-bond donors (Lipinski definition) is 0. The highest BCUT2D eigenvalue weighted by molar-refractivity contribution is 5.96. The van der Waals surface area contributed by atoms with Gasteiger partial charge in [-0.15, -0.1) is 0 Å². The molecule has 11 heavy (non-hydrogen) atoms. The van der Waals surface area contributed by atoms with Gasteiger partial charge in [0.15, 0.2) is 11.5 Å². The Balaban J connectivity index is 3.06. The Morgan fingerprint density at radius 1 is 1.55 bits per heavy atom. The molecule has 60 valence electrons. The van der Waals surface area contributed by atoms with Gasteiger partial charge in [0.25, 0.3) is 0 Å². The van der Waals surface area contributed by atoms with Crippen LogP contribution in [-0.4, -0.2) is 19.9 Å². The molecule has 0 fully saturated rings. The zero-order chi connectivity index (χ0) is 8.43. The molecule has 0 saturated heterocycles. The molecule has 0 bridgehead atoms. The van der Waals surface area contributed by atoms with Gasteiger partial charge in [-0.05, 0) is 0 Å². The first kappa shape index (κ1) is 7.85. The molecule has 0 radical (unpaired) electrons. The van der Waals surface area contributed by atoms with Gasteiger partial charge in [-0.3, -0.25) is 4.79 Å². The van der Waals surface area contributed by atoms with E-state index >= 15 is 0 Å². The lowest BCUT2D eigenvalue weighted by atomic mass is 10.3. The van der Waals surface area contributed by atoms with Crippen molar-refractivity contribution in [3.8, 4) is 0 Å². The number of carbonyl (C=O) groups is 1. The summed E-state index contributed by atoms with van der Waals surface area (Å²) in [5.74, 6) is 0.383. The SMILES string of the molecule is CC(=O)c1occc1N(C)C. The van der Waals surface area contributed by atoms with E-state index in [0.717, 1.165) is 5.69 Å². The van der Waals surface area contributed by atoms with Crippen molar-refractivity contribution in [3.63, 3.8) is 0 Å². The van der Waals surface area contributed by atoms with Gasteiger partial charge in [0.1, 0.15) is 0 Å². The monoisotopic (exact) mass is 153 g/mol. The fourth-order valence-corrected chi connectivity index (χ4v) is 0.918. The van der Waals surface area contributed by atoms with Crippen molar-refractivity contribution in [1.29, 1.82) is 0 Å². The van der Waals surface area contributed by atoms with Crippen molar-refractivity contribution in [2.45, 2.75) is 6.92 Å². The summed E-state index contributed by atoms with van der Waals surface area (Å²) >= 11 is 0. The van der Waals surface area contributed by atoms with Crippen molar-refractivity contribution in [2.24, 2.45) is 0 Å². The minimum atomic E-state index is -0.0429. The van der Waals surface area contributed by atoms with E-state index in [0.29, 0.717) is 5.76 Å².